The molecule has 1 N–H and O–H groups in total. The molecule has 0 bridgehead atoms. The first-order valence-electron chi connectivity index (χ1n) is 6.37. The second-order valence-electron chi connectivity index (χ2n) is 4.96. The van der Waals surface area contributed by atoms with Crippen LogP contribution in [-0.4, -0.2) is 28.4 Å². The van der Waals surface area contributed by atoms with E-state index in [1.54, 1.807) is 11.3 Å². The molecule has 0 radical (unpaired) electrons. The smallest absolute Gasteiger partial charge is 0.0967 e. The van der Waals surface area contributed by atoms with Crippen molar-refractivity contribution in [2.45, 2.75) is 37.9 Å². The Bertz CT molecular complexity index is 512. The van der Waals surface area contributed by atoms with Gasteiger partial charge in [-0.15, -0.1) is 11.3 Å². The standard InChI is InChI=1S/C14H17NO2S/c1-2-17-10-7-14(16,8-10)9-13-15-11-5-3-4-6-12(11)18-13/h3-6,10,16H,2,7-9H2,1H3. The van der Waals surface area contributed by atoms with Crippen LogP contribution in [0.2, 0.25) is 0 Å². The van der Waals surface area contributed by atoms with Crippen LogP contribution in [0.25, 0.3) is 10.2 Å². The van der Waals surface area contributed by atoms with Crippen molar-refractivity contribution in [3.8, 4) is 0 Å². The topological polar surface area (TPSA) is 42.4 Å². The van der Waals surface area contributed by atoms with E-state index in [9.17, 15) is 5.11 Å². The van der Waals surface area contributed by atoms with Crippen molar-refractivity contribution >= 4 is 21.6 Å². The number of rotatable bonds is 4. The molecule has 96 valence electrons. The summed E-state index contributed by atoms with van der Waals surface area (Å²) in [4.78, 5) is 4.57. The highest BCUT2D eigenvalue weighted by atomic mass is 32.1. The van der Waals surface area contributed by atoms with Crippen molar-refractivity contribution in [2.24, 2.45) is 0 Å². The van der Waals surface area contributed by atoms with Gasteiger partial charge < -0.3 is 9.84 Å². The molecule has 2 aromatic rings. The summed E-state index contributed by atoms with van der Waals surface area (Å²) in [5.74, 6) is 0. The van der Waals surface area contributed by atoms with Gasteiger partial charge >= 0.3 is 0 Å². The fraction of sp³-hybridized carbons (Fsp3) is 0.500. The summed E-state index contributed by atoms with van der Waals surface area (Å²) in [5.41, 5.74) is 0.426. The Balaban J connectivity index is 1.70. The highest BCUT2D eigenvalue weighted by Crippen LogP contribution is 2.38. The van der Waals surface area contributed by atoms with Gasteiger partial charge in [-0.25, -0.2) is 4.98 Å². The maximum absolute atomic E-state index is 10.4. The lowest BCUT2D eigenvalue weighted by atomic mass is 9.75. The average molecular weight is 263 g/mol. The molecule has 4 heteroatoms. The first-order chi connectivity index (χ1) is 8.68. The molecule has 0 spiro atoms. The maximum Gasteiger partial charge on any atom is 0.0967 e. The first kappa shape index (κ1) is 12.1. The van der Waals surface area contributed by atoms with Crippen LogP contribution >= 0.6 is 11.3 Å². The molecular weight excluding hydrogens is 246 g/mol. The van der Waals surface area contributed by atoms with Crippen LogP contribution < -0.4 is 0 Å². The van der Waals surface area contributed by atoms with Crippen LogP contribution in [0.1, 0.15) is 24.8 Å². The van der Waals surface area contributed by atoms with E-state index in [2.05, 4.69) is 11.1 Å². The van der Waals surface area contributed by atoms with E-state index >= 15 is 0 Å². The first-order valence-corrected chi connectivity index (χ1v) is 7.19. The van der Waals surface area contributed by atoms with Gasteiger partial charge in [0.2, 0.25) is 0 Å². The Morgan fingerprint density at radius 1 is 1.44 bits per heavy atom. The number of benzene rings is 1. The summed E-state index contributed by atoms with van der Waals surface area (Å²) in [6, 6.07) is 8.11. The van der Waals surface area contributed by atoms with Gasteiger partial charge in [0.1, 0.15) is 0 Å². The van der Waals surface area contributed by atoms with Crippen molar-refractivity contribution in [1.82, 2.24) is 4.98 Å². The summed E-state index contributed by atoms with van der Waals surface area (Å²) in [6.07, 6.45) is 2.35. The van der Waals surface area contributed by atoms with Crippen molar-refractivity contribution in [2.75, 3.05) is 6.61 Å². The Kier molecular flexibility index (Phi) is 3.09. The zero-order chi connectivity index (χ0) is 12.6. The molecule has 1 aliphatic rings. The lowest BCUT2D eigenvalue weighted by Crippen LogP contribution is -2.49. The minimum Gasteiger partial charge on any atom is -0.389 e. The fourth-order valence-electron chi connectivity index (χ4n) is 2.56. The van der Waals surface area contributed by atoms with Crippen molar-refractivity contribution < 1.29 is 9.84 Å². The Hall–Kier alpha value is -0.970. The minimum atomic E-state index is -0.603. The number of hydrogen-bond donors (Lipinski definition) is 1. The molecule has 1 heterocycles. The monoisotopic (exact) mass is 263 g/mol. The van der Waals surface area contributed by atoms with Crippen LogP contribution in [-0.2, 0) is 11.2 Å². The van der Waals surface area contributed by atoms with E-state index in [0.29, 0.717) is 6.42 Å². The quantitative estimate of drug-likeness (QED) is 0.922. The van der Waals surface area contributed by atoms with Gasteiger partial charge in [0.05, 0.1) is 26.9 Å². The highest BCUT2D eigenvalue weighted by Gasteiger charge is 2.43. The van der Waals surface area contributed by atoms with E-state index in [4.69, 9.17) is 4.74 Å². The predicted molar refractivity (Wildman–Crippen MR) is 72.9 cm³/mol. The molecule has 3 nitrogen and oxygen atoms in total. The van der Waals surface area contributed by atoms with Crippen LogP contribution in [0.15, 0.2) is 24.3 Å². The summed E-state index contributed by atoms with van der Waals surface area (Å²) >= 11 is 1.68. The summed E-state index contributed by atoms with van der Waals surface area (Å²) in [6.45, 7) is 2.72. The second-order valence-corrected chi connectivity index (χ2v) is 6.08. The summed E-state index contributed by atoms with van der Waals surface area (Å²) < 4.78 is 6.68. The lowest BCUT2D eigenvalue weighted by Gasteiger charge is -2.42. The number of hydrogen-bond acceptors (Lipinski definition) is 4. The zero-order valence-corrected chi connectivity index (χ0v) is 11.2. The molecule has 0 amide bonds. The predicted octanol–water partition coefficient (Wildman–Crippen LogP) is 2.77. The van der Waals surface area contributed by atoms with Gasteiger partial charge in [-0.2, -0.15) is 0 Å². The van der Waals surface area contributed by atoms with E-state index in [-0.39, 0.29) is 6.10 Å². The third-order valence-electron chi connectivity index (χ3n) is 3.44. The summed E-state index contributed by atoms with van der Waals surface area (Å²) in [7, 11) is 0. The zero-order valence-electron chi connectivity index (χ0n) is 10.4. The van der Waals surface area contributed by atoms with E-state index in [1.807, 2.05) is 25.1 Å². The third kappa shape index (κ3) is 2.28. The molecule has 0 saturated heterocycles. The third-order valence-corrected chi connectivity index (χ3v) is 4.47. The Labute approximate surface area is 110 Å². The Morgan fingerprint density at radius 2 is 2.22 bits per heavy atom. The van der Waals surface area contributed by atoms with Gasteiger partial charge in [-0.1, -0.05) is 12.1 Å². The molecule has 1 aromatic heterocycles. The molecule has 3 rings (SSSR count). The van der Waals surface area contributed by atoms with E-state index in [1.165, 1.54) is 4.70 Å². The number of nitrogens with zero attached hydrogens (tertiary/aromatic N) is 1. The van der Waals surface area contributed by atoms with Crippen LogP contribution in [0, 0.1) is 0 Å². The molecule has 0 unspecified atom stereocenters. The molecule has 0 aliphatic heterocycles. The van der Waals surface area contributed by atoms with Crippen LogP contribution in [0.4, 0.5) is 0 Å². The van der Waals surface area contributed by atoms with Crippen molar-refractivity contribution in [3.63, 3.8) is 0 Å². The van der Waals surface area contributed by atoms with E-state index in [0.717, 1.165) is 30.0 Å². The van der Waals surface area contributed by atoms with Gasteiger partial charge in [0.15, 0.2) is 0 Å². The molecule has 18 heavy (non-hydrogen) atoms. The molecule has 1 aliphatic carbocycles. The van der Waals surface area contributed by atoms with Gasteiger partial charge in [-0.3, -0.25) is 0 Å². The maximum atomic E-state index is 10.4. The number of aromatic nitrogens is 1. The van der Waals surface area contributed by atoms with Gasteiger partial charge in [0.25, 0.3) is 0 Å². The van der Waals surface area contributed by atoms with Crippen molar-refractivity contribution in [1.29, 1.82) is 0 Å². The fourth-order valence-corrected chi connectivity index (χ4v) is 3.67. The molecule has 0 atom stereocenters. The lowest BCUT2D eigenvalue weighted by molar-refractivity contribution is -0.136. The largest absolute Gasteiger partial charge is 0.389 e. The van der Waals surface area contributed by atoms with Gasteiger partial charge in [0, 0.05) is 25.9 Å². The number of fused-ring (bicyclic) bond motifs is 1. The number of ether oxygens (including phenoxy) is 1. The number of aliphatic hydroxyl groups is 1. The van der Waals surface area contributed by atoms with Crippen LogP contribution in [0.3, 0.4) is 0 Å². The molecule has 1 saturated carbocycles. The number of thiazole rings is 1. The van der Waals surface area contributed by atoms with E-state index < -0.39 is 5.60 Å². The summed E-state index contributed by atoms with van der Waals surface area (Å²) in [5, 5.41) is 11.4. The van der Waals surface area contributed by atoms with Crippen molar-refractivity contribution in [3.05, 3.63) is 29.3 Å². The van der Waals surface area contributed by atoms with Crippen LogP contribution in [0.5, 0.6) is 0 Å². The minimum absolute atomic E-state index is 0.231. The SMILES string of the molecule is CCOC1CC(O)(Cc2nc3ccccc3s2)C1. The molecule has 1 fully saturated rings. The average Bonchev–Trinajstić information content (AvgIpc) is 2.69. The molecule has 1 aromatic carbocycles. The normalized spacial score (nSPS) is 27.3. The molecular formula is C14H17NO2S. The van der Waals surface area contributed by atoms with Gasteiger partial charge in [-0.05, 0) is 19.1 Å². The second kappa shape index (κ2) is 4.61. The highest BCUT2D eigenvalue weighted by molar-refractivity contribution is 7.18. The number of para-hydroxylation sites is 1. The Morgan fingerprint density at radius 3 is 2.94 bits per heavy atom.